The second kappa shape index (κ2) is 19.3. The Hall–Kier alpha value is 0.310. The van der Waals surface area contributed by atoms with Gasteiger partial charge in [-0.25, -0.2) is 9.78 Å². The van der Waals surface area contributed by atoms with E-state index in [1.54, 1.807) is 0 Å². The van der Waals surface area contributed by atoms with Crippen molar-refractivity contribution in [3.05, 3.63) is 0 Å². The van der Waals surface area contributed by atoms with Crippen LogP contribution in [0.1, 0.15) is 97.8 Å². The van der Waals surface area contributed by atoms with Gasteiger partial charge in [0.25, 0.3) is 0 Å². The van der Waals surface area contributed by atoms with Crippen LogP contribution in [0.4, 0.5) is 0 Å². The Kier molecular flexibility index (Phi) is 19.5. The third kappa shape index (κ3) is 17.2. The van der Waals surface area contributed by atoms with E-state index in [9.17, 15) is 4.79 Å². The van der Waals surface area contributed by atoms with Crippen LogP contribution in [0.5, 0.6) is 0 Å². The van der Waals surface area contributed by atoms with Crippen molar-refractivity contribution in [1.29, 1.82) is 0 Å². The lowest BCUT2D eigenvalue weighted by molar-refractivity contribution is -0.253. The number of carboxylic acids is 1. The molecule has 0 rings (SSSR count). The molecule has 168 valence electrons. The first-order valence-electron chi connectivity index (χ1n) is 10.6. The minimum Gasteiger partial charge on any atom is -0.481 e. The predicted octanol–water partition coefficient (Wildman–Crippen LogP) is 7.03. The summed E-state index contributed by atoms with van der Waals surface area (Å²) in [5, 5.41) is 8.86. The SMILES string of the molecule is CCCCCCCOOP(=S)(OOCCCCCCC)SC(CC)CC(=O)O. The van der Waals surface area contributed by atoms with Crippen LogP contribution in [-0.2, 0) is 35.7 Å². The number of hydrogen-bond donors (Lipinski definition) is 1. The largest absolute Gasteiger partial charge is 0.481 e. The fourth-order valence-electron chi connectivity index (χ4n) is 2.41. The second-order valence-corrected chi connectivity index (χ2v) is 13.1. The van der Waals surface area contributed by atoms with Crippen LogP contribution in [0.3, 0.4) is 0 Å². The van der Waals surface area contributed by atoms with E-state index in [2.05, 4.69) is 13.8 Å². The Balaban J connectivity index is 4.38. The van der Waals surface area contributed by atoms with Gasteiger partial charge >= 0.3 is 11.7 Å². The molecule has 9 heteroatoms. The maximum atomic E-state index is 11.0. The highest BCUT2D eigenvalue weighted by atomic mass is 32.9. The first kappa shape index (κ1) is 28.3. The lowest BCUT2D eigenvalue weighted by atomic mass is 10.2. The molecule has 6 nitrogen and oxygen atoms in total. The van der Waals surface area contributed by atoms with Crippen molar-refractivity contribution in [3.8, 4) is 0 Å². The average Bonchev–Trinajstić information content (AvgIpc) is 2.65. The molecule has 1 atom stereocenters. The summed E-state index contributed by atoms with van der Waals surface area (Å²) in [5.41, 5.74) is -2.93. The minimum atomic E-state index is -2.93. The summed E-state index contributed by atoms with van der Waals surface area (Å²) in [7, 11) is 0. The molecule has 0 spiro atoms. The highest BCUT2D eigenvalue weighted by Gasteiger charge is 2.29. The molecule has 0 aliphatic rings. The van der Waals surface area contributed by atoms with Gasteiger partial charge in [0.2, 0.25) is 0 Å². The predicted molar refractivity (Wildman–Crippen MR) is 120 cm³/mol. The molecule has 0 radical (unpaired) electrons. The average molecular weight is 459 g/mol. The Morgan fingerprint density at radius 1 is 0.893 bits per heavy atom. The quantitative estimate of drug-likeness (QED) is 0.0850. The molecule has 0 saturated carbocycles. The van der Waals surface area contributed by atoms with E-state index in [-0.39, 0.29) is 11.7 Å². The molecule has 0 saturated heterocycles. The van der Waals surface area contributed by atoms with Crippen LogP contribution in [-0.4, -0.2) is 29.5 Å². The molecular formula is C19H39O6PS2. The fourth-order valence-corrected chi connectivity index (χ4v) is 7.24. The second-order valence-electron chi connectivity index (χ2n) is 6.80. The lowest BCUT2D eigenvalue weighted by Crippen LogP contribution is -2.10. The standard InChI is InChI=1S/C19H39O6PS2/c1-4-7-9-11-13-15-22-24-26(27,28-18(6-3)17-19(20)21)25-23-16-14-12-10-8-5-2/h18H,4-17H2,1-3H3,(H,20,21). The van der Waals surface area contributed by atoms with E-state index in [4.69, 9.17) is 36.0 Å². The van der Waals surface area contributed by atoms with Gasteiger partial charge in [-0.15, -0.1) is 0 Å². The molecule has 0 bridgehead atoms. The number of rotatable bonds is 21. The van der Waals surface area contributed by atoms with Crippen molar-refractivity contribution in [3.63, 3.8) is 0 Å². The van der Waals surface area contributed by atoms with Crippen LogP contribution >= 0.6 is 17.1 Å². The lowest BCUT2D eigenvalue weighted by Gasteiger charge is -2.22. The summed E-state index contributed by atoms with van der Waals surface area (Å²) in [6.07, 6.45) is 11.8. The zero-order valence-electron chi connectivity index (χ0n) is 17.7. The molecule has 1 N–H and O–H groups in total. The molecule has 0 aromatic rings. The summed E-state index contributed by atoms with van der Waals surface area (Å²) in [6, 6.07) is 0. The summed E-state index contributed by atoms with van der Waals surface area (Å²) < 4.78 is 10.9. The molecule has 0 aliphatic carbocycles. The highest BCUT2D eigenvalue weighted by Crippen LogP contribution is 2.64. The molecule has 0 amide bonds. The molecule has 0 heterocycles. The molecule has 0 aromatic heterocycles. The topological polar surface area (TPSA) is 74.2 Å². The molecule has 28 heavy (non-hydrogen) atoms. The van der Waals surface area contributed by atoms with Crippen molar-refractivity contribution in [2.45, 2.75) is 103 Å². The normalized spacial score (nSPS) is 13.0. The molecule has 0 fully saturated rings. The minimum absolute atomic E-state index is 0.000310. The number of carboxylic acid groups (broad SMARTS) is 1. The summed E-state index contributed by atoms with van der Waals surface area (Å²) >= 11 is 6.74. The monoisotopic (exact) mass is 458 g/mol. The van der Waals surface area contributed by atoms with Gasteiger partial charge in [-0.1, -0.05) is 83.5 Å². The zero-order valence-corrected chi connectivity index (χ0v) is 20.3. The van der Waals surface area contributed by atoms with Crippen molar-refractivity contribution < 1.29 is 29.0 Å². The fraction of sp³-hybridized carbons (Fsp3) is 0.947. The number of carbonyl (C=O) groups is 1. The van der Waals surface area contributed by atoms with Crippen LogP contribution in [0.15, 0.2) is 0 Å². The van der Waals surface area contributed by atoms with Crippen LogP contribution in [0.25, 0.3) is 0 Å². The van der Waals surface area contributed by atoms with E-state index in [0.717, 1.165) is 25.7 Å². The van der Waals surface area contributed by atoms with E-state index in [1.165, 1.54) is 49.9 Å². The molecular weight excluding hydrogens is 419 g/mol. The van der Waals surface area contributed by atoms with E-state index < -0.39 is 11.7 Å². The van der Waals surface area contributed by atoms with Gasteiger partial charge < -0.3 is 5.11 Å². The summed E-state index contributed by atoms with van der Waals surface area (Å²) in [6.45, 7) is 7.16. The molecule has 1 unspecified atom stereocenters. The van der Waals surface area contributed by atoms with Gasteiger partial charge in [0.05, 0.1) is 19.6 Å². The molecule has 0 aromatic carbocycles. The smallest absolute Gasteiger partial charge is 0.307 e. The maximum Gasteiger partial charge on any atom is 0.307 e. The van der Waals surface area contributed by atoms with Crippen molar-refractivity contribution >= 4 is 34.9 Å². The van der Waals surface area contributed by atoms with E-state index in [0.29, 0.717) is 19.6 Å². The van der Waals surface area contributed by atoms with E-state index >= 15 is 0 Å². The third-order valence-corrected chi connectivity index (χ3v) is 8.89. The Morgan fingerprint density at radius 2 is 1.36 bits per heavy atom. The molecule has 0 aliphatic heterocycles. The first-order valence-corrected chi connectivity index (χ1v) is 14.7. The van der Waals surface area contributed by atoms with Gasteiger partial charge in [0.15, 0.2) is 0 Å². The third-order valence-electron chi connectivity index (χ3n) is 4.09. The number of aliphatic carboxylic acids is 1. The van der Waals surface area contributed by atoms with Crippen molar-refractivity contribution in [2.75, 3.05) is 13.2 Å². The van der Waals surface area contributed by atoms with Crippen molar-refractivity contribution in [1.82, 2.24) is 0 Å². The van der Waals surface area contributed by atoms with Crippen molar-refractivity contribution in [2.24, 2.45) is 0 Å². The summed E-state index contributed by atoms with van der Waals surface area (Å²) in [4.78, 5) is 21.7. The van der Waals surface area contributed by atoms with Gasteiger partial charge in [-0.3, -0.25) is 4.79 Å². The van der Waals surface area contributed by atoms with Crippen LogP contribution in [0, 0.1) is 0 Å². The van der Waals surface area contributed by atoms with Crippen LogP contribution in [0.2, 0.25) is 0 Å². The van der Waals surface area contributed by atoms with Crippen LogP contribution < -0.4 is 0 Å². The number of unbranched alkanes of at least 4 members (excludes halogenated alkanes) is 8. The summed E-state index contributed by atoms with van der Waals surface area (Å²) in [5.74, 6) is -0.866. The number of hydrogen-bond acceptors (Lipinski definition) is 7. The van der Waals surface area contributed by atoms with Gasteiger partial charge in [-0.2, -0.15) is 9.35 Å². The Morgan fingerprint density at radius 3 is 1.75 bits per heavy atom. The van der Waals surface area contributed by atoms with E-state index in [1.807, 2.05) is 6.92 Å². The Bertz CT molecular complexity index is 403. The van der Waals surface area contributed by atoms with Gasteiger partial charge in [-0.05, 0) is 31.1 Å². The van der Waals surface area contributed by atoms with Gasteiger partial charge in [0.1, 0.15) is 0 Å². The zero-order chi connectivity index (χ0) is 21.1. The Labute approximate surface area is 180 Å². The van der Waals surface area contributed by atoms with Gasteiger partial charge in [0, 0.05) is 5.25 Å². The first-order chi connectivity index (χ1) is 13.5. The highest BCUT2D eigenvalue weighted by molar-refractivity contribution is 8.68. The maximum absolute atomic E-state index is 11.0.